The predicted molar refractivity (Wildman–Crippen MR) is 61.3 cm³/mol. The first-order valence-corrected chi connectivity index (χ1v) is 5.44. The summed E-state index contributed by atoms with van der Waals surface area (Å²) in [5, 5.41) is 19.4. The molecule has 0 saturated heterocycles. The highest BCUT2D eigenvalue weighted by atomic mass is 79.9. The van der Waals surface area contributed by atoms with E-state index in [4.69, 9.17) is 5.26 Å². The van der Waals surface area contributed by atoms with Crippen LogP contribution in [0.25, 0.3) is 0 Å². The first kappa shape index (κ1) is 13.0. The third-order valence-corrected chi connectivity index (χ3v) is 2.58. The Bertz CT molecular complexity index is 548. The number of aldehydes is 1. The Morgan fingerprint density at radius 1 is 1.59 bits per heavy atom. The summed E-state index contributed by atoms with van der Waals surface area (Å²) in [4.78, 5) is 32.2. The molecule has 0 unspecified atom stereocenters. The van der Waals surface area contributed by atoms with E-state index < -0.39 is 22.0 Å². The SMILES string of the molecule is N#Cc1c([N+](=O)[O-])ccc(C(=O)CBr)c1C=O. The van der Waals surface area contributed by atoms with Gasteiger partial charge in [-0.2, -0.15) is 5.26 Å². The second-order valence-corrected chi connectivity index (χ2v) is 3.53. The summed E-state index contributed by atoms with van der Waals surface area (Å²) in [6.07, 6.45) is 0.279. The number of rotatable bonds is 4. The van der Waals surface area contributed by atoms with Gasteiger partial charge >= 0.3 is 0 Å². The fraction of sp³-hybridized carbons (Fsp3) is 0.100. The molecule has 0 amide bonds. The highest BCUT2D eigenvalue weighted by molar-refractivity contribution is 9.09. The molecule has 1 rings (SSSR count). The van der Waals surface area contributed by atoms with Crippen LogP contribution in [0.15, 0.2) is 12.1 Å². The number of carbonyl (C=O) groups excluding carboxylic acids is 2. The molecule has 0 fully saturated rings. The van der Waals surface area contributed by atoms with Gasteiger partial charge in [0, 0.05) is 17.2 Å². The lowest BCUT2D eigenvalue weighted by Gasteiger charge is -2.04. The number of nitrogens with zero attached hydrogens (tertiary/aromatic N) is 2. The van der Waals surface area contributed by atoms with Crippen LogP contribution in [0.4, 0.5) is 5.69 Å². The fourth-order valence-electron chi connectivity index (χ4n) is 1.32. The first-order chi connectivity index (χ1) is 8.06. The lowest BCUT2D eigenvalue weighted by molar-refractivity contribution is -0.385. The zero-order chi connectivity index (χ0) is 13.0. The van der Waals surface area contributed by atoms with Crippen molar-refractivity contribution < 1.29 is 14.5 Å². The second kappa shape index (κ2) is 5.32. The predicted octanol–water partition coefficient (Wildman–Crippen LogP) is 1.86. The highest BCUT2D eigenvalue weighted by Gasteiger charge is 2.22. The molecule has 1 aromatic rings. The summed E-state index contributed by atoms with van der Waals surface area (Å²) < 4.78 is 0. The molecule has 0 spiro atoms. The Kier molecular flexibility index (Phi) is 4.06. The van der Waals surface area contributed by atoms with E-state index in [-0.39, 0.29) is 22.7 Å². The number of halogens is 1. The molecule has 0 atom stereocenters. The van der Waals surface area contributed by atoms with Gasteiger partial charge in [0.25, 0.3) is 5.69 Å². The number of nitro benzene ring substituents is 1. The number of ketones is 1. The van der Waals surface area contributed by atoms with Gasteiger partial charge in [0.2, 0.25) is 0 Å². The monoisotopic (exact) mass is 296 g/mol. The van der Waals surface area contributed by atoms with Crippen molar-refractivity contribution in [2.45, 2.75) is 0 Å². The molecule has 0 aromatic heterocycles. The minimum absolute atomic E-state index is 0.000903. The maximum atomic E-state index is 11.5. The van der Waals surface area contributed by atoms with Crippen molar-refractivity contribution in [1.82, 2.24) is 0 Å². The zero-order valence-electron chi connectivity index (χ0n) is 8.34. The third kappa shape index (κ3) is 2.37. The Balaban J connectivity index is 3.61. The minimum atomic E-state index is -0.770. The quantitative estimate of drug-likeness (QED) is 0.277. The van der Waals surface area contributed by atoms with Gasteiger partial charge in [0.15, 0.2) is 12.1 Å². The molecular weight excluding hydrogens is 292 g/mol. The van der Waals surface area contributed by atoms with Crippen molar-refractivity contribution in [3.05, 3.63) is 38.9 Å². The van der Waals surface area contributed by atoms with Gasteiger partial charge in [-0.25, -0.2) is 0 Å². The maximum absolute atomic E-state index is 11.5. The van der Waals surface area contributed by atoms with Crippen LogP contribution >= 0.6 is 15.9 Å². The van der Waals surface area contributed by atoms with E-state index in [0.717, 1.165) is 6.07 Å². The molecule has 0 aliphatic heterocycles. The molecule has 6 nitrogen and oxygen atoms in total. The Morgan fingerprint density at radius 2 is 2.24 bits per heavy atom. The molecule has 0 bridgehead atoms. The number of Topliss-reactive ketones (excluding diaryl/α,β-unsaturated/α-hetero) is 1. The van der Waals surface area contributed by atoms with Crippen molar-refractivity contribution in [3.63, 3.8) is 0 Å². The van der Waals surface area contributed by atoms with Crippen LogP contribution < -0.4 is 0 Å². The van der Waals surface area contributed by atoms with Crippen molar-refractivity contribution in [3.8, 4) is 6.07 Å². The van der Waals surface area contributed by atoms with Crippen molar-refractivity contribution in [1.29, 1.82) is 5.26 Å². The van der Waals surface area contributed by atoms with Gasteiger partial charge in [0.1, 0.15) is 11.6 Å². The van der Waals surface area contributed by atoms with Crippen LogP contribution in [0.2, 0.25) is 0 Å². The van der Waals surface area contributed by atoms with Crippen LogP contribution in [-0.2, 0) is 0 Å². The molecule has 0 heterocycles. The molecule has 0 aliphatic rings. The van der Waals surface area contributed by atoms with Crippen molar-refractivity contribution in [2.24, 2.45) is 0 Å². The largest absolute Gasteiger partial charge is 0.298 e. The van der Waals surface area contributed by atoms with E-state index in [1.54, 1.807) is 6.07 Å². The van der Waals surface area contributed by atoms with E-state index in [1.165, 1.54) is 6.07 Å². The zero-order valence-corrected chi connectivity index (χ0v) is 9.93. The van der Waals surface area contributed by atoms with Gasteiger partial charge in [0.05, 0.1) is 10.3 Å². The van der Waals surface area contributed by atoms with E-state index in [1.807, 2.05) is 0 Å². The maximum Gasteiger partial charge on any atom is 0.287 e. The van der Waals surface area contributed by atoms with Gasteiger partial charge in [-0.1, -0.05) is 15.9 Å². The van der Waals surface area contributed by atoms with Gasteiger partial charge < -0.3 is 0 Å². The lowest BCUT2D eigenvalue weighted by Crippen LogP contribution is -2.08. The van der Waals surface area contributed by atoms with Gasteiger partial charge in [-0.3, -0.25) is 19.7 Å². The summed E-state index contributed by atoms with van der Waals surface area (Å²) in [5.41, 5.74) is -1.12. The van der Waals surface area contributed by atoms with Gasteiger partial charge in [-0.05, 0) is 6.07 Å². The van der Waals surface area contributed by atoms with E-state index >= 15 is 0 Å². The average Bonchev–Trinajstić information content (AvgIpc) is 2.35. The van der Waals surface area contributed by atoms with Crippen molar-refractivity contribution in [2.75, 3.05) is 5.33 Å². The van der Waals surface area contributed by atoms with E-state index in [2.05, 4.69) is 15.9 Å². The molecule has 86 valence electrons. The number of hydrogen-bond acceptors (Lipinski definition) is 5. The second-order valence-electron chi connectivity index (χ2n) is 2.96. The highest BCUT2D eigenvalue weighted by Crippen LogP contribution is 2.24. The number of nitriles is 1. The molecule has 0 N–H and O–H groups in total. The summed E-state index contributed by atoms with van der Waals surface area (Å²) in [6.45, 7) is 0. The summed E-state index contributed by atoms with van der Waals surface area (Å²) in [7, 11) is 0. The first-order valence-electron chi connectivity index (χ1n) is 4.32. The number of benzene rings is 1. The topological polar surface area (TPSA) is 101 Å². The smallest absolute Gasteiger partial charge is 0.287 e. The average molecular weight is 297 g/mol. The fourth-order valence-corrected chi connectivity index (χ4v) is 1.62. The summed E-state index contributed by atoms with van der Waals surface area (Å²) >= 11 is 2.93. The lowest BCUT2D eigenvalue weighted by atomic mass is 9.98. The number of nitro groups is 1. The number of carbonyl (C=O) groups is 2. The Morgan fingerprint density at radius 3 is 2.65 bits per heavy atom. The minimum Gasteiger partial charge on any atom is -0.298 e. The molecular formula is C10H5BrN2O4. The van der Waals surface area contributed by atoms with Crippen molar-refractivity contribution >= 4 is 33.7 Å². The third-order valence-electron chi connectivity index (χ3n) is 2.07. The molecule has 7 heteroatoms. The van der Waals surface area contributed by atoms with E-state index in [9.17, 15) is 19.7 Å². The van der Waals surface area contributed by atoms with Crippen LogP contribution in [0.3, 0.4) is 0 Å². The molecule has 0 aliphatic carbocycles. The molecule has 0 radical (unpaired) electrons. The van der Waals surface area contributed by atoms with Crippen LogP contribution in [0, 0.1) is 21.4 Å². The van der Waals surface area contributed by atoms with Crippen LogP contribution in [-0.4, -0.2) is 22.3 Å². The summed E-state index contributed by atoms with van der Waals surface area (Å²) in [6, 6.07) is 3.79. The molecule has 0 saturated carbocycles. The Hall–Kier alpha value is -2.07. The molecule has 1 aromatic carbocycles. The molecule has 17 heavy (non-hydrogen) atoms. The number of hydrogen-bond donors (Lipinski definition) is 0. The van der Waals surface area contributed by atoms with Gasteiger partial charge in [-0.15, -0.1) is 0 Å². The Labute approximate surface area is 104 Å². The van der Waals surface area contributed by atoms with Crippen LogP contribution in [0.5, 0.6) is 0 Å². The standard InChI is InChI=1S/C10H5BrN2O4/c11-3-10(15)6-1-2-9(13(16)17)7(4-12)8(6)5-14/h1-2,5H,3H2. The van der Waals surface area contributed by atoms with Crippen LogP contribution in [0.1, 0.15) is 26.3 Å². The summed E-state index contributed by atoms with van der Waals surface area (Å²) in [5.74, 6) is -0.418. The van der Waals surface area contributed by atoms with E-state index in [0.29, 0.717) is 0 Å². The normalized spacial score (nSPS) is 9.41. The number of alkyl halides is 1.